The molecule has 0 spiro atoms. The van der Waals surface area contributed by atoms with Crippen LogP contribution in [0.2, 0.25) is 0 Å². The highest BCUT2D eigenvalue weighted by Gasteiger charge is 2.19. The van der Waals surface area contributed by atoms with E-state index in [1.165, 1.54) is 6.07 Å². The normalized spacial score (nSPS) is 10.6. The SMILES string of the molecule is Cc1ccc(-n2c(SCC(=O)NNC(=O)c3ccccc3)nnc2-c2ccccc2F)cc1. The minimum absolute atomic E-state index is 0.0314. The first-order valence-corrected chi connectivity index (χ1v) is 11.1. The second-order valence-electron chi connectivity index (χ2n) is 7.11. The van der Waals surface area contributed by atoms with Crippen molar-refractivity contribution < 1.29 is 14.0 Å². The van der Waals surface area contributed by atoms with E-state index < -0.39 is 17.6 Å². The Balaban J connectivity index is 1.51. The van der Waals surface area contributed by atoms with Crippen LogP contribution in [0.15, 0.2) is 84.0 Å². The van der Waals surface area contributed by atoms with Crippen molar-refractivity contribution in [1.82, 2.24) is 25.6 Å². The zero-order valence-electron chi connectivity index (χ0n) is 17.7. The fourth-order valence-corrected chi connectivity index (χ4v) is 3.81. The van der Waals surface area contributed by atoms with Gasteiger partial charge in [0.05, 0.1) is 11.3 Å². The highest BCUT2D eigenvalue weighted by atomic mass is 32.2. The maximum Gasteiger partial charge on any atom is 0.269 e. The summed E-state index contributed by atoms with van der Waals surface area (Å²) in [7, 11) is 0. The monoisotopic (exact) mass is 461 g/mol. The zero-order chi connectivity index (χ0) is 23.2. The number of carbonyl (C=O) groups is 2. The van der Waals surface area contributed by atoms with Crippen LogP contribution in [0.5, 0.6) is 0 Å². The van der Waals surface area contributed by atoms with Gasteiger partial charge >= 0.3 is 0 Å². The molecule has 0 bridgehead atoms. The van der Waals surface area contributed by atoms with Crippen LogP contribution in [0.3, 0.4) is 0 Å². The molecule has 4 aromatic rings. The van der Waals surface area contributed by atoms with Gasteiger partial charge in [0.25, 0.3) is 5.91 Å². The first-order valence-electron chi connectivity index (χ1n) is 10.1. The number of hydrogen-bond acceptors (Lipinski definition) is 5. The average Bonchev–Trinajstić information content (AvgIpc) is 3.26. The van der Waals surface area contributed by atoms with Gasteiger partial charge in [-0.15, -0.1) is 10.2 Å². The summed E-state index contributed by atoms with van der Waals surface area (Å²) in [4.78, 5) is 24.4. The minimum Gasteiger partial charge on any atom is -0.272 e. The highest BCUT2D eigenvalue weighted by molar-refractivity contribution is 7.99. The van der Waals surface area contributed by atoms with Gasteiger partial charge in [0, 0.05) is 11.3 Å². The van der Waals surface area contributed by atoms with E-state index in [1.54, 1.807) is 53.1 Å². The molecule has 0 atom stereocenters. The molecular weight excluding hydrogens is 441 g/mol. The molecule has 0 fully saturated rings. The summed E-state index contributed by atoms with van der Waals surface area (Å²) in [6.07, 6.45) is 0. The molecule has 0 saturated carbocycles. The molecule has 1 heterocycles. The lowest BCUT2D eigenvalue weighted by Crippen LogP contribution is -2.42. The summed E-state index contributed by atoms with van der Waals surface area (Å²) in [6, 6.07) is 22.5. The minimum atomic E-state index is -0.421. The van der Waals surface area contributed by atoms with E-state index >= 15 is 0 Å². The number of nitrogens with one attached hydrogen (secondary N) is 2. The number of hydrazine groups is 1. The van der Waals surface area contributed by atoms with Crippen molar-refractivity contribution in [3.63, 3.8) is 0 Å². The molecule has 166 valence electrons. The number of halogens is 1. The van der Waals surface area contributed by atoms with Gasteiger partial charge in [0.15, 0.2) is 11.0 Å². The zero-order valence-corrected chi connectivity index (χ0v) is 18.5. The average molecular weight is 462 g/mol. The fourth-order valence-electron chi connectivity index (χ4n) is 3.06. The summed E-state index contributed by atoms with van der Waals surface area (Å²) >= 11 is 1.13. The molecule has 9 heteroatoms. The van der Waals surface area contributed by atoms with Gasteiger partial charge in [-0.3, -0.25) is 25.0 Å². The number of benzene rings is 3. The first-order chi connectivity index (χ1) is 16.0. The topological polar surface area (TPSA) is 88.9 Å². The van der Waals surface area contributed by atoms with Crippen molar-refractivity contribution in [2.24, 2.45) is 0 Å². The summed E-state index contributed by atoms with van der Waals surface area (Å²) in [5.74, 6) is -0.960. The number of rotatable bonds is 6. The van der Waals surface area contributed by atoms with E-state index in [2.05, 4.69) is 21.0 Å². The maximum absolute atomic E-state index is 14.5. The van der Waals surface area contributed by atoms with Crippen LogP contribution in [0.1, 0.15) is 15.9 Å². The van der Waals surface area contributed by atoms with E-state index in [-0.39, 0.29) is 5.75 Å². The Kier molecular flexibility index (Phi) is 6.80. The number of nitrogens with zero attached hydrogens (tertiary/aromatic N) is 3. The van der Waals surface area contributed by atoms with Crippen LogP contribution < -0.4 is 10.9 Å². The largest absolute Gasteiger partial charge is 0.272 e. The molecule has 3 aromatic carbocycles. The fraction of sp³-hybridized carbons (Fsp3) is 0.0833. The van der Waals surface area contributed by atoms with E-state index in [0.717, 1.165) is 23.0 Å². The van der Waals surface area contributed by atoms with Crippen molar-refractivity contribution in [2.75, 3.05) is 5.75 Å². The maximum atomic E-state index is 14.5. The van der Waals surface area contributed by atoms with Crippen LogP contribution in [-0.2, 0) is 4.79 Å². The lowest BCUT2D eigenvalue weighted by Gasteiger charge is -2.11. The number of carbonyl (C=O) groups excluding carboxylic acids is 2. The Morgan fingerprint density at radius 2 is 1.61 bits per heavy atom. The molecule has 0 aliphatic rings. The Morgan fingerprint density at radius 3 is 2.33 bits per heavy atom. The molecule has 0 radical (unpaired) electrons. The predicted molar refractivity (Wildman–Crippen MR) is 124 cm³/mol. The van der Waals surface area contributed by atoms with E-state index in [9.17, 15) is 14.0 Å². The molecule has 33 heavy (non-hydrogen) atoms. The van der Waals surface area contributed by atoms with Crippen molar-refractivity contribution in [3.05, 3.63) is 95.8 Å². The van der Waals surface area contributed by atoms with Gasteiger partial charge in [0.1, 0.15) is 5.82 Å². The number of amides is 2. The third-order valence-corrected chi connectivity index (χ3v) is 5.65. The van der Waals surface area contributed by atoms with E-state index in [4.69, 9.17) is 0 Å². The predicted octanol–water partition coefficient (Wildman–Crippen LogP) is 3.94. The van der Waals surface area contributed by atoms with Gasteiger partial charge in [-0.05, 0) is 43.3 Å². The molecule has 0 aliphatic heterocycles. The summed E-state index contributed by atoms with van der Waals surface area (Å²) in [6.45, 7) is 1.97. The summed E-state index contributed by atoms with van der Waals surface area (Å²) < 4.78 is 16.2. The Labute approximate surface area is 194 Å². The molecule has 0 saturated heterocycles. The molecule has 1 aromatic heterocycles. The van der Waals surface area contributed by atoms with Gasteiger partial charge in [-0.25, -0.2) is 4.39 Å². The van der Waals surface area contributed by atoms with Crippen molar-refractivity contribution in [2.45, 2.75) is 12.1 Å². The van der Waals surface area contributed by atoms with Crippen LogP contribution in [-0.4, -0.2) is 32.3 Å². The van der Waals surface area contributed by atoms with Gasteiger partial charge in [0.2, 0.25) is 5.91 Å². The van der Waals surface area contributed by atoms with Gasteiger partial charge < -0.3 is 0 Å². The van der Waals surface area contributed by atoms with Crippen LogP contribution in [0.25, 0.3) is 17.1 Å². The van der Waals surface area contributed by atoms with Gasteiger partial charge in [-0.2, -0.15) is 0 Å². The number of hydrogen-bond donors (Lipinski definition) is 2. The van der Waals surface area contributed by atoms with E-state index in [0.29, 0.717) is 22.1 Å². The molecule has 7 nitrogen and oxygen atoms in total. The lowest BCUT2D eigenvalue weighted by molar-refractivity contribution is -0.119. The Morgan fingerprint density at radius 1 is 0.909 bits per heavy atom. The molecule has 0 unspecified atom stereocenters. The van der Waals surface area contributed by atoms with Crippen molar-refractivity contribution in [3.8, 4) is 17.1 Å². The number of aromatic nitrogens is 3. The second kappa shape index (κ2) is 10.1. The number of thioether (sulfide) groups is 1. The first kappa shape index (κ1) is 22.2. The standard InChI is InChI=1S/C24H20FN5O2S/c1-16-11-13-18(14-12-16)30-22(19-9-5-6-10-20(19)25)27-29-24(30)33-15-21(31)26-28-23(32)17-7-3-2-4-8-17/h2-14H,15H2,1H3,(H,26,31)(H,28,32). The molecule has 2 amide bonds. The molecule has 2 N–H and O–H groups in total. The molecule has 4 rings (SSSR count). The summed E-state index contributed by atoms with van der Waals surface area (Å²) in [5, 5.41) is 8.80. The van der Waals surface area contributed by atoms with Crippen LogP contribution >= 0.6 is 11.8 Å². The van der Waals surface area contributed by atoms with Crippen molar-refractivity contribution >= 4 is 23.6 Å². The van der Waals surface area contributed by atoms with E-state index in [1.807, 2.05) is 31.2 Å². The third-order valence-electron chi connectivity index (χ3n) is 4.72. The lowest BCUT2D eigenvalue weighted by atomic mass is 10.2. The summed E-state index contributed by atoms with van der Waals surface area (Å²) in [5.41, 5.74) is 7.31. The Bertz CT molecular complexity index is 1280. The third kappa shape index (κ3) is 5.27. The molecule has 0 aliphatic carbocycles. The smallest absolute Gasteiger partial charge is 0.269 e. The van der Waals surface area contributed by atoms with Gasteiger partial charge in [-0.1, -0.05) is 59.8 Å². The van der Waals surface area contributed by atoms with Crippen LogP contribution in [0, 0.1) is 12.7 Å². The Hall–Kier alpha value is -3.98. The highest BCUT2D eigenvalue weighted by Crippen LogP contribution is 2.29. The quantitative estimate of drug-likeness (QED) is 0.335. The number of aryl methyl sites for hydroxylation is 1. The van der Waals surface area contributed by atoms with Crippen LogP contribution in [0.4, 0.5) is 4.39 Å². The molecular formula is C24H20FN5O2S. The second-order valence-corrected chi connectivity index (χ2v) is 8.06. The van der Waals surface area contributed by atoms with Crippen molar-refractivity contribution in [1.29, 1.82) is 0 Å².